The Morgan fingerprint density at radius 2 is 0.667 bits per heavy atom. The van der Waals surface area contributed by atoms with Gasteiger partial charge < -0.3 is 40.3 Å². The summed E-state index contributed by atoms with van der Waals surface area (Å²) in [5, 5.41) is 54.9. The topological polar surface area (TPSA) is 149 Å². The van der Waals surface area contributed by atoms with E-state index < -0.39 is 49.5 Å². The molecule has 1 amide bonds. The summed E-state index contributed by atoms with van der Waals surface area (Å²) >= 11 is 0. The van der Waals surface area contributed by atoms with Crippen molar-refractivity contribution >= 4 is 5.91 Å². The minimum Gasteiger partial charge on any atom is -0.394 e. The number of amides is 1. The van der Waals surface area contributed by atoms with Crippen molar-refractivity contribution in [2.24, 2.45) is 0 Å². The van der Waals surface area contributed by atoms with Gasteiger partial charge in [-0.05, 0) is 12.8 Å². The number of aliphatic hydroxyl groups is 5. The monoisotopic (exact) mass is 1070 g/mol. The lowest BCUT2D eigenvalue weighted by Crippen LogP contribution is -2.60. The molecule has 0 saturated carbocycles. The molecule has 1 saturated heterocycles. The average molecular weight is 1070 g/mol. The Balaban J connectivity index is 2.11. The maximum atomic E-state index is 13.1. The summed E-state index contributed by atoms with van der Waals surface area (Å²) in [5.74, 6) is -0.133. The van der Waals surface area contributed by atoms with Gasteiger partial charge in [0.25, 0.3) is 0 Å². The predicted molar refractivity (Wildman–Crippen MR) is 318 cm³/mol. The molecular formula is C66H131NO8. The molecule has 9 heteroatoms. The van der Waals surface area contributed by atoms with Crippen LogP contribution in [0.3, 0.4) is 0 Å². The van der Waals surface area contributed by atoms with E-state index in [0.717, 1.165) is 38.5 Å². The second-order valence-corrected chi connectivity index (χ2v) is 24.0. The molecule has 1 aliphatic heterocycles. The Labute approximate surface area is 465 Å². The first-order valence-corrected chi connectivity index (χ1v) is 33.7. The Bertz CT molecular complexity index is 1140. The number of ether oxygens (including phenoxy) is 2. The smallest absolute Gasteiger partial charge is 0.220 e. The maximum absolute atomic E-state index is 13.1. The number of unbranched alkanes of at least 4 members (excludes halogenated alkanes) is 50. The molecule has 7 unspecified atom stereocenters. The highest BCUT2D eigenvalue weighted by Gasteiger charge is 2.44. The van der Waals surface area contributed by atoms with E-state index >= 15 is 0 Å². The molecule has 0 aromatic rings. The normalized spacial score (nSPS) is 18.7. The highest BCUT2D eigenvalue weighted by molar-refractivity contribution is 5.76. The number of hydrogen-bond acceptors (Lipinski definition) is 8. The third-order valence-corrected chi connectivity index (χ3v) is 16.7. The van der Waals surface area contributed by atoms with Gasteiger partial charge in [-0.2, -0.15) is 0 Å². The fraction of sp³-hybridized carbons (Fsp3) is 0.985. The van der Waals surface area contributed by atoms with Gasteiger partial charge in [0.2, 0.25) is 5.91 Å². The van der Waals surface area contributed by atoms with Crippen LogP contribution in [0.1, 0.15) is 361 Å². The van der Waals surface area contributed by atoms with Crippen molar-refractivity contribution in [2.75, 3.05) is 13.2 Å². The minimum atomic E-state index is -1.55. The fourth-order valence-corrected chi connectivity index (χ4v) is 11.4. The number of hydrogen-bond donors (Lipinski definition) is 6. The van der Waals surface area contributed by atoms with Crippen molar-refractivity contribution < 1.29 is 39.8 Å². The van der Waals surface area contributed by atoms with E-state index in [2.05, 4.69) is 19.2 Å². The van der Waals surface area contributed by atoms with Crippen molar-refractivity contribution in [1.29, 1.82) is 0 Å². The quantitative estimate of drug-likeness (QED) is 0.0330. The number of carbonyl (C=O) groups is 1. The van der Waals surface area contributed by atoms with Gasteiger partial charge in [0.15, 0.2) is 6.29 Å². The molecule has 0 aromatic carbocycles. The average Bonchev–Trinajstić information content (AvgIpc) is 3.41. The van der Waals surface area contributed by atoms with Crippen LogP contribution in [-0.2, 0) is 14.3 Å². The van der Waals surface area contributed by atoms with Crippen LogP contribution in [0.2, 0.25) is 0 Å². The van der Waals surface area contributed by atoms with Crippen molar-refractivity contribution in [3.05, 3.63) is 0 Å². The molecule has 448 valence electrons. The molecule has 0 bridgehead atoms. The van der Waals surface area contributed by atoms with Crippen LogP contribution in [0.15, 0.2) is 0 Å². The largest absolute Gasteiger partial charge is 0.394 e. The summed E-state index contributed by atoms with van der Waals surface area (Å²) in [6.45, 7) is 3.91. The highest BCUT2D eigenvalue weighted by atomic mass is 16.7. The van der Waals surface area contributed by atoms with Crippen LogP contribution < -0.4 is 5.32 Å². The molecule has 1 rings (SSSR count). The lowest BCUT2D eigenvalue weighted by atomic mass is 9.99. The lowest BCUT2D eigenvalue weighted by molar-refractivity contribution is -0.302. The summed E-state index contributed by atoms with van der Waals surface area (Å²) < 4.78 is 11.4. The van der Waals surface area contributed by atoms with E-state index in [0.29, 0.717) is 12.8 Å². The molecule has 75 heavy (non-hydrogen) atoms. The second-order valence-electron chi connectivity index (χ2n) is 24.0. The predicted octanol–water partition coefficient (Wildman–Crippen LogP) is 17.8. The summed E-state index contributed by atoms with van der Waals surface area (Å²) in [7, 11) is 0. The van der Waals surface area contributed by atoms with Gasteiger partial charge in [0, 0.05) is 6.42 Å². The van der Waals surface area contributed by atoms with Gasteiger partial charge in [0.05, 0.1) is 25.4 Å². The van der Waals surface area contributed by atoms with E-state index in [-0.39, 0.29) is 12.5 Å². The van der Waals surface area contributed by atoms with Crippen LogP contribution in [-0.4, -0.2) is 87.5 Å². The number of rotatable bonds is 60. The van der Waals surface area contributed by atoms with Gasteiger partial charge >= 0.3 is 0 Å². The maximum Gasteiger partial charge on any atom is 0.220 e. The van der Waals surface area contributed by atoms with E-state index in [1.807, 2.05) is 0 Å². The molecule has 1 fully saturated rings. The van der Waals surface area contributed by atoms with Crippen molar-refractivity contribution in [3.8, 4) is 0 Å². The first-order chi connectivity index (χ1) is 36.8. The Hall–Kier alpha value is -0.810. The van der Waals surface area contributed by atoms with Crippen molar-refractivity contribution in [1.82, 2.24) is 5.32 Å². The first kappa shape index (κ1) is 72.2. The van der Waals surface area contributed by atoms with Gasteiger partial charge in [-0.15, -0.1) is 0 Å². The van der Waals surface area contributed by atoms with Crippen molar-refractivity contribution in [3.63, 3.8) is 0 Å². The van der Waals surface area contributed by atoms with E-state index in [4.69, 9.17) is 9.47 Å². The van der Waals surface area contributed by atoms with Gasteiger partial charge in [-0.3, -0.25) is 4.79 Å². The molecule has 7 atom stereocenters. The molecule has 6 N–H and O–H groups in total. The van der Waals surface area contributed by atoms with E-state index in [9.17, 15) is 30.3 Å². The number of carbonyl (C=O) groups excluding carboxylic acids is 1. The van der Waals surface area contributed by atoms with Gasteiger partial charge in [-0.25, -0.2) is 0 Å². The summed E-state index contributed by atoms with van der Waals surface area (Å²) in [4.78, 5) is 13.1. The highest BCUT2D eigenvalue weighted by Crippen LogP contribution is 2.24. The summed E-state index contributed by atoms with van der Waals surface area (Å²) in [5.41, 5.74) is 0. The molecule has 0 aliphatic carbocycles. The summed E-state index contributed by atoms with van der Waals surface area (Å²) in [6, 6.07) is -0.715. The van der Waals surface area contributed by atoms with Crippen LogP contribution in [0.25, 0.3) is 0 Å². The Morgan fingerprint density at radius 3 is 0.947 bits per heavy atom. The third kappa shape index (κ3) is 45.6. The zero-order chi connectivity index (χ0) is 54.3. The molecule has 0 spiro atoms. The van der Waals surface area contributed by atoms with E-state index in [1.165, 1.54) is 295 Å². The fourth-order valence-electron chi connectivity index (χ4n) is 11.4. The molecule has 0 aromatic heterocycles. The Morgan fingerprint density at radius 1 is 0.400 bits per heavy atom. The minimum absolute atomic E-state index is 0.130. The van der Waals surface area contributed by atoms with Crippen molar-refractivity contribution in [2.45, 2.75) is 403 Å². The molecule has 9 nitrogen and oxygen atoms in total. The summed E-state index contributed by atoms with van der Waals surface area (Å²) in [6.07, 6.45) is 63.1. The standard InChI is InChI=1S/C66H131NO8/c1-3-5-7-9-11-13-15-17-19-21-23-25-27-28-29-30-31-32-34-36-38-40-42-44-46-48-50-52-54-56-62(70)67-59(58-74-66-65(73)64(72)63(71)61(57-68)75-66)60(69)55-53-51-49-47-45-43-41-39-37-35-33-26-24-22-20-18-16-14-12-10-8-6-4-2/h59-61,63-66,68-69,71-73H,3-58H2,1-2H3,(H,67,70). The first-order valence-electron chi connectivity index (χ1n) is 33.7. The second kappa shape index (κ2) is 56.5. The third-order valence-electron chi connectivity index (χ3n) is 16.7. The van der Waals surface area contributed by atoms with Gasteiger partial charge in [0.1, 0.15) is 24.4 Å². The van der Waals surface area contributed by atoms with Crippen LogP contribution >= 0.6 is 0 Å². The van der Waals surface area contributed by atoms with Gasteiger partial charge in [-0.1, -0.05) is 341 Å². The number of aliphatic hydroxyl groups excluding tert-OH is 5. The van der Waals surface area contributed by atoms with Crippen LogP contribution in [0.4, 0.5) is 0 Å². The molecular weight excluding hydrogens is 935 g/mol. The molecule has 0 radical (unpaired) electrons. The molecule has 1 aliphatic rings. The molecule has 1 heterocycles. The van der Waals surface area contributed by atoms with Crippen LogP contribution in [0.5, 0.6) is 0 Å². The zero-order valence-corrected chi connectivity index (χ0v) is 50.1. The van der Waals surface area contributed by atoms with Crippen LogP contribution in [0, 0.1) is 0 Å². The zero-order valence-electron chi connectivity index (χ0n) is 50.1. The lowest BCUT2D eigenvalue weighted by Gasteiger charge is -2.40. The number of nitrogens with one attached hydrogen (secondary N) is 1. The Kier molecular flexibility index (Phi) is 54.4. The van der Waals surface area contributed by atoms with E-state index in [1.54, 1.807) is 0 Å². The SMILES string of the molecule is CCCCCCCCCCCCCCCCCCCCCCCCCCCCCCCC(=O)NC(COC1OC(CO)C(O)C(O)C1O)C(O)CCCCCCCCCCCCCCCCCCCCCCCCC.